The highest BCUT2D eigenvalue weighted by molar-refractivity contribution is 5.96. The first-order valence-electron chi connectivity index (χ1n) is 6.96. The van der Waals surface area contributed by atoms with Crippen LogP contribution in [0.4, 0.5) is 5.69 Å². The fourth-order valence-corrected chi connectivity index (χ4v) is 2.02. The summed E-state index contributed by atoms with van der Waals surface area (Å²) in [5, 5.41) is 8.82. The van der Waals surface area contributed by atoms with Gasteiger partial charge in [0, 0.05) is 23.7 Å². The van der Waals surface area contributed by atoms with Gasteiger partial charge in [0.1, 0.15) is 0 Å². The van der Waals surface area contributed by atoms with Crippen molar-refractivity contribution in [1.82, 2.24) is 10.6 Å². The summed E-state index contributed by atoms with van der Waals surface area (Å²) >= 11 is 0. The quantitative estimate of drug-likeness (QED) is 0.760. The third-order valence-corrected chi connectivity index (χ3v) is 3.19. The number of hydrogen-bond donors (Lipinski definition) is 3. The molecule has 0 saturated carbocycles. The Balaban J connectivity index is 1.87. The molecule has 1 aliphatic heterocycles. The normalized spacial score (nSPS) is 14.8. The average molecular weight is 275 g/mol. The molecule has 2 amide bonds. The smallest absolute Gasteiger partial charge is 0.251 e. The average Bonchev–Trinajstić information content (AvgIpc) is 2.34. The predicted molar refractivity (Wildman–Crippen MR) is 78.7 cm³/mol. The van der Waals surface area contributed by atoms with E-state index in [1.807, 2.05) is 13.8 Å². The zero-order valence-electron chi connectivity index (χ0n) is 11.9. The molecule has 1 saturated heterocycles. The van der Waals surface area contributed by atoms with Gasteiger partial charge in [-0.1, -0.05) is 0 Å². The maximum atomic E-state index is 11.8. The molecule has 108 valence electrons. The molecule has 0 radical (unpaired) electrons. The maximum Gasteiger partial charge on any atom is 0.251 e. The van der Waals surface area contributed by atoms with Gasteiger partial charge in [-0.3, -0.25) is 9.59 Å². The summed E-state index contributed by atoms with van der Waals surface area (Å²) in [5.41, 5.74) is 1.32. The predicted octanol–water partition coefficient (Wildman–Crippen LogP) is 1.37. The second-order valence-corrected chi connectivity index (χ2v) is 5.48. The van der Waals surface area contributed by atoms with Crippen LogP contribution < -0.4 is 16.0 Å². The van der Waals surface area contributed by atoms with Crippen LogP contribution in [0.3, 0.4) is 0 Å². The molecule has 1 heterocycles. The first kappa shape index (κ1) is 14.5. The molecule has 0 aromatic heterocycles. The molecule has 0 aliphatic carbocycles. The van der Waals surface area contributed by atoms with E-state index in [4.69, 9.17) is 0 Å². The minimum absolute atomic E-state index is 0.0240. The largest absolute Gasteiger partial charge is 0.350 e. The van der Waals surface area contributed by atoms with E-state index < -0.39 is 0 Å². The maximum absolute atomic E-state index is 11.8. The van der Waals surface area contributed by atoms with Crippen molar-refractivity contribution in [2.75, 3.05) is 18.4 Å². The lowest BCUT2D eigenvalue weighted by Gasteiger charge is -2.26. The molecule has 1 aliphatic rings. The number of rotatable bonds is 5. The van der Waals surface area contributed by atoms with Crippen molar-refractivity contribution in [3.05, 3.63) is 29.8 Å². The zero-order chi connectivity index (χ0) is 14.5. The number of benzene rings is 1. The van der Waals surface area contributed by atoms with Crippen LogP contribution in [0.2, 0.25) is 0 Å². The van der Waals surface area contributed by atoms with Crippen molar-refractivity contribution in [1.29, 1.82) is 0 Å². The van der Waals surface area contributed by atoms with Crippen LogP contribution in [0, 0.1) is 5.92 Å². The molecule has 0 bridgehead atoms. The standard InChI is InChI=1S/C15H21N3O2/c1-10(2)17-15(20)12-3-5-13(6-4-12)18-14(19)7-11-8-16-9-11/h3-6,10-11,16H,7-9H2,1-2H3,(H,17,20)(H,18,19). The first-order valence-corrected chi connectivity index (χ1v) is 6.96. The van der Waals surface area contributed by atoms with E-state index >= 15 is 0 Å². The number of amides is 2. The topological polar surface area (TPSA) is 70.2 Å². The van der Waals surface area contributed by atoms with Crippen molar-refractivity contribution >= 4 is 17.5 Å². The van der Waals surface area contributed by atoms with Crippen molar-refractivity contribution in [2.24, 2.45) is 5.92 Å². The monoisotopic (exact) mass is 275 g/mol. The third kappa shape index (κ3) is 4.06. The van der Waals surface area contributed by atoms with Crippen LogP contribution in [0.5, 0.6) is 0 Å². The summed E-state index contributed by atoms with van der Waals surface area (Å²) in [5.74, 6) is 0.375. The molecular weight excluding hydrogens is 254 g/mol. The van der Waals surface area contributed by atoms with Gasteiger partial charge in [0.05, 0.1) is 0 Å². The molecule has 1 fully saturated rings. The summed E-state index contributed by atoms with van der Waals surface area (Å²) in [7, 11) is 0. The summed E-state index contributed by atoms with van der Waals surface area (Å²) in [6, 6.07) is 7.06. The Morgan fingerprint density at radius 1 is 1.25 bits per heavy atom. The fourth-order valence-electron chi connectivity index (χ4n) is 2.02. The Bertz CT molecular complexity index is 478. The summed E-state index contributed by atoms with van der Waals surface area (Å²) in [6.45, 7) is 5.67. The highest BCUT2D eigenvalue weighted by Crippen LogP contribution is 2.13. The molecule has 1 aromatic rings. The highest BCUT2D eigenvalue weighted by atomic mass is 16.2. The van der Waals surface area contributed by atoms with Gasteiger partial charge in [-0.2, -0.15) is 0 Å². The summed E-state index contributed by atoms with van der Waals surface area (Å²) in [6.07, 6.45) is 0.544. The van der Waals surface area contributed by atoms with Crippen molar-refractivity contribution in [3.8, 4) is 0 Å². The molecule has 20 heavy (non-hydrogen) atoms. The Labute approximate surface area is 119 Å². The Hall–Kier alpha value is -1.88. The van der Waals surface area contributed by atoms with Gasteiger partial charge in [0.15, 0.2) is 0 Å². The van der Waals surface area contributed by atoms with E-state index in [1.54, 1.807) is 24.3 Å². The summed E-state index contributed by atoms with van der Waals surface area (Å²) in [4.78, 5) is 23.5. The van der Waals surface area contributed by atoms with Gasteiger partial charge < -0.3 is 16.0 Å². The van der Waals surface area contributed by atoms with Crippen LogP contribution >= 0.6 is 0 Å². The molecule has 2 rings (SSSR count). The van der Waals surface area contributed by atoms with E-state index in [1.165, 1.54) is 0 Å². The molecular formula is C15H21N3O2. The highest BCUT2D eigenvalue weighted by Gasteiger charge is 2.20. The number of anilines is 1. The molecule has 0 spiro atoms. The molecule has 3 N–H and O–H groups in total. The van der Waals surface area contributed by atoms with Gasteiger partial charge in [-0.15, -0.1) is 0 Å². The number of carbonyl (C=O) groups is 2. The van der Waals surface area contributed by atoms with Gasteiger partial charge in [-0.05, 0) is 57.1 Å². The van der Waals surface area contributed by atoms with Crippen LogP contribution in [-0.2, 0) is 4.79 Å². The van der Waals surface area contributed by atoms with E-state index in [-0.39, 0.29) is 17.9 Å². The van der Waals surface area contributed by atoms with Crippen LogP contribution in [0.1, 0.15) is 30.6 Å². The first-order chi connectivity index (χ1) is 9.54. The third-order valence-electron chi connectivity index (χ3n) is 3.19. The number of hydrogen-bond acceptors (Lipinski definition) is 3. The molecule has 5 heteroatoms. The van der Waals surface area contributed by atoms with E-state index in [2.05, 4.69) is 16.0 Å². The van der Waals surface area contributed by atoms with Crippen molar-refractivity contribution in [3.63, 3.8) is 0 Å². The number of carbonyl (C=O) groups excluding carboxylic acids is 2. The lowest BCUT2D eigenvalue weighted by molar-refractivity contribution is -0.117. The van der Waals surface area contributed by atoms with E-state index in [0.717, 1.165) is 18.8 Å². The second kappa shape index (κ2) is 6.52. The SMILES string of the molecule is CC(C)NC(=O)c1ccc(NC(=O)CC2CNC2)cc1. The molecule has 5 nitrogen and oxygen atoms in total. The van der Waals surface area contributed by atoms with Gasteiger partial charge in [0.25, 0.3) is 5.91 Å². The van der Waals surface area contributed by atoms with Gasteiger partial charge in [-0.25, -0.2) is 0 Å². The van der Waals surface area contributed by atoms with Crippen molar-refractivity contribution < 1.29 is 9.59 Å². The lowest BCUT2D eigenvalue weighted by Crippen LogP contribution is -2.43. The van der Waals surface area contributed by atoms with Gasteiger partial charge >= 0.3 is 0 Å². The molecule has 1 aromatic carbocycles. The Morgan fingerprint density at radius 2 is 1.90 bits per heavy atom. The lowest BCUT2D eigenvalue weighted by atomic mass is 9.99. The van der Waals surface area contributed by atoms with Crippen LogP contribution in [-0.4, -0.2) is 30.9 Å². The van der Waals surface area contributed by atoms with Gasteiger partial charge in [0.2, 0.25) is 5.91 Å². The van der Waals surface area contributed by atoms with E-state index in [0.29, 0.717) is 17.9 Å². The Kier molecular flexibility index (Phi) is 4.74. The molecule has 0 unspecified atom stereocenters. The molecule has 0 atom stereocenters. The fraction of sp³-hybridized carbons (Fsp3) is 0.467. The van der Waals surface area contributed by atoms with Crippen LogP contribution in [0.15, 0.2) is 24.3 Å². The second-order valence-electron chi connectivity index (χ2n) is 5.48. The zero-order valence-corrected chi connectivity index (χ0v) is 11.9. The Morgan fingerprint density at radius 3 is 2.40 bits per heavy atom. The number of nitrogens with one attached hydrogen (secondary N) is 3. The van der Waals surface area contributed by atoms with E-state index in [9.17, 15) is 9.59 Å². The van der Waals surface area contributed by atoms with Crippen LogP contribution in [0.25, 0.3) is 0 Å². The summed E-state index contributed by atoms with van der Waals surface area (Å²) < 4.78 is 0. The van der Waals surface area contributed by atoms with Crippen molar-refractivity contribution in [2.45, 2.75) is 26.3 Å². The minimum atomic E-state index is -0.0987. The minimum Gasteiger partial charge on any atom is -0.350 e.